The van der Waals surface area contributed by atoms with Crippen LogP contribution >= 0.6 is 0 Å². The van der Waals surface area contributed by atoms with E-state index in [1.807, 2.05) is 27.7 Å². The molecule has 5 N–H and O–H groups in total. The van der Waals surface area contributed by atoms with Crippen molar-refractivity contribution in [3.05, 3.63) is 0 Å². The molecule has 0 bridgehead atoms. The standard InChI is InChI=1S/C12H25N3O3/c1-5-12(4,6-7-16)15-10(17)9(8(2)3)14-11(13)18/h8-9,16H,5-7H2,1-4H3,(H,15,17)(H3,13,14,18). The summed E-state index contributed by atoms with van der Waals surface area (Å²) in [5.41, 5.74) is 4.58. The highest BCUT2D eigenvalue weighted by atomic mass is 16.3. The molecule has 0 saturated heterocycles. The van der Waals surface area contributed by atoms with Crippen molar-refractivity contribution in [1.29, 1.82) is 0 Å². The van der Waals surface area contributed by atoms with Crippen LogP contribution in [0.3, 0.4) is 0 Å². The predicted molar refractivity (Wildman–Crippen MR) is 69.9 cm³/mol. The fourth-order valence-corrected chi connectivity index (χ4v) is 1.64. The largest absolute Gasteiger partial charge is 0.396 e. The lowest BCUT2D eigenvalue weighted by molar-refractivity contribution is -0.125. The van der Waals surface area contributed by atoms with E-state index in [0.717, 1.165) is 0 Å². The summed E-state index contributed by atoms with van der Waals surface area (Å²) in [6, 6.07) is -1.38. The molecule has 0 fully saturated rings. The van der Waals surface area contributed by atoms with Gasteiger partial charge in [-0.1, -0.05) is 20.8 Å². The highest BCUT2D eigenvalue weighted by Crippen LogP contribution is 2.15. The van der Waals surface area contributed by atoms with E-state index in [9.17, 15) is 9.59 Å². The lowest BCUT2D eigenvalue weighted by atomic mass is 9.93. The molecular weight excluding hydrogens is 234 g/mol. The summed E-state index contributed by atoms with van der Waals surface area (Å²) in [6.07, 6.45) is 1.16. The molecule has 0 heterocycles. The number of amides is 3. The Hall–Kier alpha value is -1.30. The molecule has 0 aliphatic heterocycles. The number of urea groups is 1. The number of hydrogen-bond donors (Lipinski definition) is 4. The summed E-state index contributed by atoms with van der Waals surface area (Å²) < 4.78 is 0. The number of rotatable bonds is 7. The molecule has 6 heteroatoms. The maximum atomic E-state index is 12.1. The monoisotopic (exact) mass is 259 g/mol. The van der Waals surface area contributed by atoms with Gasteiger partial charge in [-0.05, 0) is 25.7 Å². The van der Waals surface area contributed by atoms with Crippen molar-refractivity contribution in [3.8, 4) is 0 Å². The molecule has 18 heavy (non-hydrogen) atoms. The SMILES string of the molecule is CCC(C)(CCO)NC(=O)C(NC(N)=O)C(C)C. The van der Waals surface area contributed by atoms with Gasteiger partial charge in [0.05, 0.1) is 0 Å². The van der Waals surface area contributed by atoms with Crippen molar-refractivity contribution in [2.24, 2.45) is 11.7 Å². The van der Waals surface area contributed by atoms with Gasteiger partial charge in [0, 0.05) is 12.1 Å². The van der Waals surface area contributed by atoms with Crippen molar-refractivity contribution in [2.75, 3.05) is 6.61 Å². The van der Waals surface area contributed by atoms with Crippen molar-refractivity contribution in [3.63, 3.8) is 0 Å². The summed E-state index contributed by atoms with van der Waals surface area (Å²) in [7, 11) is 0. The minimum absolute atomic E-state index is 0.000212. The molecule has 0 aliphatic rings. The van der Waals surface area contributed by atoms with Gasteiger partial charge in [-0.2, -0.15) is 0 Å². The second-order valence-corrected chi connectivity index (χ2v) is 5.11. The van der Waals surface area contributed by atoms with Gasteiger partial charge in [0.2, 0.25) is 5.91 Å². The van der Waals surface area contributed by atoms with Crippen LogP contribution < -0.4 is 16.4 Å². The molecule has 0 aromatic carbocycles. The van der Waals surface area contributed by atoms with E-state index in [2.05, 4.69) is 10.6 Å². The second-order valence-electron chi connectivity index (χ2n) is 5.11. The molecule has 6 nitrogen and oxygen atoms in total. The van der Waals surface area contributed by atoms with Gasteiger partial charge in [0.15, 0.2) is 0 Å². The van der Waals surface area contributed by atoms with Crippen LogP contribution in [0.5, 0.6) is 0 Å². The molecule has 0 saturated carbocycles. The summed E-state index contributed by atoms with van der Waals surface area (Å²) in [6.45, 7) is 7.45. The Labute approximate surface area is 108 Å². The van der Waals surface area contributed by atoms with E-state index in [0.29, 0.717) is 12.8 Å². The first-order valence-electron chi connectivity index (χ1n) is 6.24. The zero-order chi connectivity index (χ0) is 14.3. The van der Waals surface area contributed by atoms with Crippen LogP contribution in [-0.2, 0) is 4.79 Å². The first kappa shape index (κ1) is 16.7. The number of carbonyl (C=O) groups excluding carboxylic acids is 2. The van der Waals surface area contributed by atoms with Crippen LogP contribution in [-0.4, -0.2) is 35.2 Å². The number of aliphatic hydroxyl groups excluding tert-OH is 1. The van der Waals surface area contributed by atoms with Gasteiger partial charge in [0.1, 0.15) is 6.04 Å². The third kappa shape index (κ3) is 5.35. The molecule has 0 radical (unpaired) electrons. The van der Waals surface area contributed by atoms with Crippen LogP contribution in [0.4, 0.5) is 4.79 Å². The predicted octanol–water partition coefficient (Wildman–Crippen LogP) is 0.347. The lowest BCUT2D eigenvalue weighted by Crippen LogP contribution is -2.57. The molecule has 106 valence electrons. The molecule has 3 amide bonds. The summed E-state index contributed by atoms with van der Waals surface area (Å²) >= 11 is 0. The first-order chi connectivity index (χ1) is 8.25. The highest BCUT2D eigenvalue weighted by molar-refractivity contribution is 5.87. The Morgan fingerprint density at radius 1 is 1.39 bits per heavy atom. The lowest BCUT2D eigenvalue weighted by Gasteiger charge is -2.32. The molecule has 2 atom stereocenters. The first-order valence-corrected chi connectivity index (χ1v) is 6.24. The number of carbonyl (C=O) groups is 2. The molecule has 0 spiro atoms. The number of aliphatic hydroxyl groups is 1. The van der Waals surface area contributed by atoms with Crippen LogP contribution in [0.25, 0.3) is 0 Å². The Balaban J connectivity index is 4.72. The summed E-state index contributed by atoms with van der Waals surface area (Å²) in [4.78, 5) is 23.0. The molecule has 2 unspecified atom stereocenters. The molecule has 0 aliphatic carbocycles. The van der Waals surface area contributed by atoms with Crippen LogP contribution in [0.1, 0.15) is 40.5 Å². The average molecular weight is 259 g/mol. The second kappa shape index (κ2) is 7.20. The smallest absolute Gasteiger partial charge is 0.312 e. The zero-order valence-electron chi connectivity index (χ0n) is 11.6. The quantitative estimate of drug-likeness (QED) is 0.530. The van der Waals surface area contributed by atoms with Gasteiger partial charge in [0.25, 0.3) is 0 Å². The van der Waals surface area contributed by atoms with Gasteiger partial charge in [-0.25, -0.2) is 4.79 Å². The normalized spacial score (nSPS) is 15.9. The van der Waals surface area contributed by atoms with Gasteiger partial charge < -0.3 is 21.5 Å². The molecule has 0 aromatic rings. The minimum atomic E-state index is -0.718. The van der Waals surface area contributed by atoms with Gasteiger partial charge in [-0.3, -0.25) is 4.79 Å². The average Bonchev–Trinajstić information content (AvgIpc) is 2.25. The topological polar surface area (TPSA) is 104 Å². The van der Waals surface area contributed by atoms with Crippen molar-refractivity contribution in [2.45, 2.75) is 52.1 Å². The van der Waals surface area contributed by atoms with Gasteiger partial charge >= 0.3 is 6.03 Å². The van der Waals surface area contributed by atoms with E-state index in [-0.39, 0.29) is 18.4 Å². The Bertz CT molecular complexity index is 294. The van der Waals surface area contributed by atoms with E-state index >= 15 is 0 Å². The Morgan fingerprint density at radius 2 is 1.94 bits per heavy atom. The van der Waals surface area contributed by atoms with E-state index < -0.39 is 17.6 Å². The van der Waals surface area contributed by atoms with Crippen LogP contribution in [0, 0.1) is 5.92 Å². The maximum absolute atomic E-state index is 12.1. The van der Waals surface area contributed by atoms with Gasteiger partial charge in [-0.15, -0.1) is 0 Å². The third-order valence-corrected chi connectivity index (χ3v) is 3.12. The molecule has 0 aromatic heterocycles. The van der Waals surface area contributed by atoms with Crippen LogP contribution in [0.15, 0.2) is 0 Å². The van der Waals surface area contributed by atoms with Crippen molar-refractivity contribution >= 4 is 11.9 Å². The third-order valence-electron chi connectivity index (χ3n) is 3.12. The summed E-state index contributed by atoms with van der Waals surface area (Å²) in [5, 5.41) is 14.3. The Morgan fingerprint density at radius 3 is 2.28 bits per heavy atom. The fourth-order valence-electron chi connectivity index (χ4n) is 1.64. The van der Waals surface area contributed by atoms with E-state index in [1.165, 1.54) is 0 Å². The van der Waals surface area contributed by atoms with Crippen molar-refractivity contribution < 1.29 is 14.7 Å². The number of hydrogen-bond acceptors (Lipinski definition) is 3. The number of nitrogens with two attached hydrogens (primary N) is 1. The number of nitrogens with one attached hydrogen (secondary N) is 2. The minimum Gasteiger partial charge on any atom is -0.396 e. The highest BCUT2D eigenvalue weighted by Gasteiger charge is 2.30. The van der Waals surface area contributed by atoms with Crippen LogP contribution in [0.2, 0.25) is 0 Å². The van der Waals surface area contributed by atoms with Crippen molar-refractivity contribution in [1.82, 2.24) is 10.6 Å². The van der Waals surface area contributed by atoms with E-state index in [4.69, 9.17) is 10.8 Å². The summed E-state index contributed by atoms with van der Waals surface area (Å²) in [5.74, 6) is -0.339. The Kier molecular flexibility index (Phi) is 6.68. The number of primary amides is 1. The van der Waals surface area contributed by atoms with E-state index in [1.54, 1.807) is 0 Å². The maximum Gasteiger partial charge on any atom is 0.312 e. The fraction of sp³-hybridized carbons (Fsp3) is 0.833. The molecular formula is C12H25N3O3. The zero-order valence-corrected chi connectivity index (χ0v) is 11.6. The molecule has 0 rings (SSSR count).